The summed E-state index contributed by atoms with van der Waals surface area (Å²) < 4.78 is 0. The molecule has 1 aromatic heterocycles. The molecule has 0 amide bonds. The molecule has 13 heavy (non-hydrogen) atoms. The third-order valence-electron chi connectivity index (χ3n) is 1.51. The van der Waals surface area contributed by atoms with E-state index in [0.29, 0.717) is 5.56 Å². The van der Waals surface area contributed by atoms with Gasteiger partial charge in [-0.25, -0.2) is 4.98 Å². The lowest BCUT2D eigenvalue weighted by Gasteiger charge is -2.08. The average molecular weight is 202 g/mol. The van der Waals surface area contributed by atoms with Crippen LogP contribution in [0.1, 0.15) is 18.1 Å². The van der Waals surface area contributed by atoms with Crippen LogP contribution in [0.5, 0.6) is 0 Å². The lowest BCUT2D eigenvalue weighted by Crippen LogP contribution is -2.06. The number of carboxylic acids is 1. The Kier molecular flexibility index (Phi) is 3.22. The molecule has 1 rings (SSSR count). The molecule has 0 aliphatic carbocycles. The molecule has 0 bridgehead atoms. The smallest absolute Gasteiger partial charge is 0.306 e. The molecule has 1 atom stereocenters. The molecule has 0 saturated carbocycles. The summed E-state index contributed by atoms with van der Waals surface area (Å²) in [4.78, 5) is 14.0. The van der Waals surface area contributed by atoms with Crippen LogP contribution in [0, 0.1) is 0 Å². The Hall–Kier alpha value is -1.13. The third-order valence-corrected chi connectivity index (χ3v) is 1.83. The molecule has 0 aliphatic heterocycles. The lowest BCUT2D eigenvalue weighted by molar-refractivity contribution is -0.139. The van der Waals surface area contributed by atoms with Crippen LogP contribution in [0.15, 0.2) is 18.3 Å². The van der Waals surface area contributed by atoms with E-state index in [1.54, 1.807) is 12.1 Å². The summed E-state index contributed by atoms with van der Waals surface area (Å²) in [5.41, 5.74) is 0.339. The minimum absolute atomic E-state index is 0.135. The topological polar surface area (TPSA) is 70.4 Å². The molecule has 5 heteroatoms. The predicted molar refractivity (Wildman–Crippen MR) is 46.5 cm³/mol. The first-order valence-electron chi connectivity index (χ1n) is 3.61. The van der Waals surface area contributed by atoms with Gasteiger partial charge in [-0.1, -0.05) is 17.7 Å². The molecule has 2 N–H and O–H groups in total. The highest BCUT2D eigenvalue weighted by Crippen LogP contribution is 2.22. The number of aliphatic hydroxyl groups excluding tert-OH is 1. The monoisotopic (exact) mass is 201 g/mol. The Labute approximate surface area is 79.8 Å². The molecule has 4 nitrogen and oxygen atoms in total. The first-order chi connectivity index (χ1) is 6.11. The van der Waals surface area contributed by atoms with Crippen LogP contribution in [-0.4, -0.2) is 21.2 Å². The van der Waals surface area contributed by atoms with E-state index in [9.17, 15) is 9.90 Å². The zero-order chi connectivity index (χ0) is 9.84. The van der Waals surface area contributed by atoms with Crippen molar-refractivity contribution in [1.82, 2.24) is 4.98 Å². The number of carbonyl (C=O) groups is 1. The van der Waals surface area contributed by atoms with Crippen molar-refractivity contribution in [2.45, 2.75) is 12.5 Å². The van der Waals surface area contributed by atoms with Crippen LogP contribution in [0.3, 0.4) is 0 Å². The molecule has 0 unspecified atom stereocenters. The Balaban J connectivity index is 2.82. The van der Waals surface area contributed by atoms with Crippen LogP contribution < -0.4 is 0 Å². The summed E-state index contributed by atoms with van der Waals surface area (Å²) in [5, 5.41) is 17.9. The number of hydrogen-bond donors (Lipinski definition) is 2. The standard InChI is InChI=1S/C8H8ClNO3/c9-8-5(2-1-3-10-8)6(11)4-7(12)13/h1-3,6,11H,4H2,(H,12,13)/t6-/m0/s1. The van der Waals surface area contributed by atoms with Gasteiger partial charge in [0.05, 0.1) is 12.5 Å². The van der Waals surface area contributed by atoms with Gasteiger partial charge < -0.3 is 10.2 Å². The van der Waals surface area contributed by atoms with Crippen LogP contribution in [0.25, 0.3) is 0 Å². The first kappa shape index (κ1) is 9.95. The van der Waals surface area contributed by atoms with E-state index in [1.807, 2.05) is 0 Å². The zero-order valence-corrected chi connectivity index (χ0v) is 7.40. The number of aliphatic hydroxyl groups is 1. The summed E-state index contributed by atoms with van der Waals surface area (Å²) in [7, 11) is 0. The van der Waals surface area contributed by atoms with Crippen LogP contribution in [0.2, 0.25) is 5.15 Å². The summed E-state index contributed by atoms with van der Waals surface area (Å²) in [6, 6.07) is 3.13. The SMILES string of the molecule is O=C(O)C[C@H](O)c1cccnc1Cl. The highest BCUT2D eigenvalue weighted by Gasteiger charge is 2.14. The molecule has 0 saturated heterocycles. The quantitative estimate of drug-likeness (QED) is 0.722. The molecule has 1 heterocycles. The van der Waals surface area contributed by atoms with Gasteiger partial charge in [0.15, 0.2) is 0 Å². The average Bonchev–Trinajstić information content (AvgIpc) is 2.03. The van der Waals surface area contributed by atoms with Gasteiger partial charge in [-0.05, 0) is 6.07 Å². The molecule has 0 radical (unpaired) electrons. The van der Waals surface area contributed by atoms with Gasteiger partial charge in [0.25, 0.3) is 0 Å². The number of nitrogens with zero attached hydrogens (tertiary/aromatic N) is 1. The van der Waals surface area contributed by atoms with Crippen molar-refractivity contribution in [2.75, 3.05) is 0 Å². The second-order valence-electron chi connectivity index (χ2n) is 2.50. The first-order valence-corrected chi connectivity index (χ1v) is 3.99. The summed E-state index contributed by atoms with van der Waals surface area (Å²) in [6.45, 7) is 0. The number of carboxylic acid groups (broad SMARTS) is 1. The molecule has 0 fully saturated rings. The maximum atomic E-state index is 10.3. The number of halogens is 1. The Morgan fingerprint density at radius 2 is 2.38 bits per heavy atom. The minimum Gasteiger partial charge on any atom is -0.481 e. The Bertz CT molecular complexity index is 316. The third kappa shape index (κ3) is 2.68. The molecule has 70 valence electrons. The number of aromatic nitrogens is 1. The fourth-order valence-electron chi connectivity index (χ4n) is 0.922. The second kappa shape index (κ2) is 4.20. The fraction of sp³-hybridized carbons (Fsp3) is 0.250. The van der Waals surface area contributed by atoms with Gasteiger partial charge >= 0.3 is 5.97 Å². The summed E-state index contributed by atoms with van der Waals surface area (Å²) in [6.07, 6.45) is 0.00349. The van der Waals surface area contributed by atoms with E-state index >= 15 is 0 Å². The molecule has 0 spiro atoms. The van der Waals surface area contributed by atoms with E-state index in [4.69, 9.17) is 16.7 Å². The predicted octanol–water partition coefficient (Wildman–Crippen LogP) is 1.24. The van der Waals surface area contributed by atoms with Crippen molar-refractivity contribution in [2.24, 2.45) is 0 Å². The maximum absolute atomic E-state index is 10.3. The largest absolute Gasteiger partial charge is 0.481 e. The van der Waals surface area contributed by atoms with E-state index in [2.05, 4.69) is 4.98 Å². The highest BCUT2D eigenvalue weighted by atomic mass is 35.5. The van der Waals surface area contributed by atoms with Gasteiger partial charge in [0.2, 0.25) is 0 Å². The van der Waals surface area contributed by atoms with Gasteiger partial charge in [-0.3, -0.25) is 4.79 Å². The maximum Gasteiger partial charge on any atom is 0.306 e. The van der Waals surface area contributed by atoms with Crippen molar-refractivity contribution >= 4 is 17.6 Å². The van der Waals surface area contributed by atoms with Crippen molar-refractivity contribution < 1.29 is 15.0 Å². The number of aliphatic carboxylic acids is 1. The van der Waals surface area contributed by atoms with Crippen LogP contribution in [-0.2, 0) is 4.79 Å². The number of pyridine rings is 1. The lowest BCUT2D eigenvalue weighted by atomic mass is 10.1. The fourth-order valence-corrected chi connectivity index (χ4v) is 1.17. The van der Waals surface area contributed by atoms with E-state index in [-0.39, 0.29) is 11.6 Å². The Morgan fingerprint density at radius 3 is 2.92 bits per heavy atom. The molecular weight excluding hydrogens is 194 g/mol. The van der Waals surface area contributed by atoms with Crippen LogP contribution >= 0.6 is 11.6 Å². The zero-order valence-electron chi connectivity index (χ0n) is 6.64. The van der Waals surface area contributed by atoms with Gasteiger partial charge in [0, 0.05) is 11.8 Å². The van der Waals surface area contributed by atoms with Gasteiger partial charge in [-0.15, -0.1) is 0 Å². The number of hydrogen-bond acceptors (Lipinski definition) is 3. The van der Waals surface area contributed by atoms with Gasteiger partial charge in [-0.2, -0.15) is 0 Å². The molecule has 0 aromatic carbocycles. The van der Waals surface area contributed by atoms with Crippen molar-refractivity contribution in [3.63, 3.8) is 0 Å². The Morgan fingerprint density at radius 1 is 1.69 bits per heavy atom. The van der Waals surface area contributed by atoms with E-state index < -0.39 is 12.1 Å². The molecular formula is C8H8ClNO3. The normalized spacial score (nSPS) is 12.5. The summed E-state index contributed by atoms with van der Waals surface area (Å²) >= 11 is 5.64. The van der Waals surface area contributed by atoms with Crippen molar-refractivity contribution in [3.8, 4) is 0 Å². The van der Waals surface area contributed by atoms with Crippen LogP contribution in [0.4, 0.5) is 0 Å². The minimum atomic E-state index is -1.10. The summed E-state index contributed by atoms with van der Waals surface area (Å²) in [5.74, 6) is -1.08. The number of rotatable bonds is 3. The highest BCUT2D eigenvalue weighted by molar-refractivity contribution is 6.30. The van der Waals surface area contributed by atoms with Gasteiger partial charge in [0.1, 0.15) is 5.15 Å². The van der Waals surface area contributed by atoms with Crippen molar-refractivity contribution in [1.29, 1.82) is 0 Å². The molecule has 0 aliphatic rings. The van der Waals surface area contributed by atoms with Crippen molar-refractivity contribution in [3.05, 3.63) is 29.0 Å². The van der Waals surface area contributed by atoms with E-state index in [1.165, 1.54) is 6.20 Å². The second-order valence-corrected chi connectivity index (χ2v) is 2.86. The molecule has 1 aromatic rings. The van der Waals surface area contributed by atoms with E-state index in [0.717, 1.165) is 0 Å².